The number of benzene rings is 2. The quantitative estimate of drug-likeness (QED) is 0.390. The summed E-state index contributed by atoms with van der Waals surface area (Å²) in [4.78, 5) is 38.7. The number of rotatable bonds is 5. The molecule has 1 aliphatic heterocycles. The summed E-state index contributed by atoms with van der Waals surface area (Å²) < 4.78 is 6.48. The number of carbonyl (C=O) groups is 3. The van der Waals surface area contributed by atoms with E-state index in [0.717, 1.165) is 31.2 Å². The van der Waals surface area contributed by atoms with Crippen molar-refractivity contribution in [3.05, 3.63) is 67.6 Å². The monoisotopic (exact) mass is 536 g/mol. The van der Waals surface area contributed by atoms with Gasteiger partial charge in [-0.15, -0.1) is 0 Å². The van der Waals surface area contributed by atoms with Crippen molar-refractivity contribution in [2.24, 2.45) is 0 Å². The first kappa shape index (κ1) is 22.8. The van der Waals surface area contributed by atoms with Gasteiger partial charge in [0.2, 0.25) is 0 Å². The Hall–Kier alpha value is -2.35. The SMILES string of the molecule is O=C1NC(=O)N(C2CCCC2)C(=O)/C1=C/c1ccc(OCc2ccc(Cl)cc2Cl)c(Br)c1. The lowest BCUT2D eigenvalue weighted by Crippen LogP contribution is -2.57. The minimum Gasteiger partial charge on any atom is -0.488 e. The van der Waals surface area contributed by atoms with Crippen molar-refractivity contribution in [1.82, 2.24) is 10.2 Å². The van der Waals surface area contributed by atoms with E-state index in [9.17, 15) is 14.4 Å². The molecule has 1 heterocycles. The van der Waals surface area contributed by atoms with Crippen molar-refractivity contribution in [2.75, 3.05) is 0 Å². The van der Waals surface area contributed by atoms with Crippen LogP contribution in [0.2, 0.25) is 10.0 Å². The van der Waals surface area contributed by atoms with Gasteiger partial charge in [-0.25, -0.2) is 4.79 Å². The molecule has 1 saturated carbocycles. The summed E-state index contributed by atoms with van der Waals surface area (Å²) in [6.07, 6.45) is 4.93. The van der Waals surface area contributed by atoms with Crippen molar-refractivity contribution in [3.8, 4) is 5.75 Å². The summed E-state index contributed by atoms with van der Waals surface area (Å²) in [5.41, 5.74) is 1.34. The van der Waals surface area contributed by atoms with Gasteiger partial charge in [-0.3, -0.25) is 19.8 Å². The van der Waals surface area contributed by atoms with Gasteiger partial charge >= 0.3 is 6.03 Å². The fourth-order valence-corrected chi connectivity index (χ4v) is 4.82. The molecule has 4 rings (SSSR count). The van der Waals surface area contributed by atoms with Crippen LogP contribution in [0.3, 0.4) is 0 Å². The van der Waals surface area contributed by atoms with E-state index in [1.165, 1.54) is 11.0 Å². The van der Waals surface area contributed by atoms with E-state index in [1.54, 1.807) is 36.4 Å². The molecular formula is C23H19BrCl2N2O4. The van der Waals surface area contributed by atoms with Crippen LogP contribution in [0, 0.1) is 0 Å². The second kappa shape index (κ2) is 9.65. The highest BCUT2D eigenvalue weighted by Crippen LogP contribution is 2.31. The highest BCUT2D eigenvalue weighted by atomic mass is 79.9. The lowest BCUT2D eigenvalue weighted by Gasteiger charge is -2.31. The Bertz CT molecular complexity index is 1130. The minimum atomic E-state index is -0.692. The number of imide groups is 2. The molecule has 2 aromatic carbocycles. The molecule has 0 radical (unpaired) electrons. The van der Waals surface area contributed by atoms with Gasteiger partial charge < -0.3 is 4.74 Å². The number of hydrogen-bond acceptors (Lipinski definition) is 4. The molecule has 166 valence electrons. The van der Waals surface area contributed by atoms with Gasteiger partial charge in [-0.2, -0.15) is 0 Å². The first-order valence-corrected chi connectivity index (χ1v) is 11.6. The topological polar surface area (TPSA) is 75.7 Å². The number of ether oxygens (including phenoxy) is 1. The van der Waals surface area contributed by atoms with Crippen LogP contribution in [0.15, 0.2) is 46.4 Å². The van der Waals surface area contributed by atoms with Gasteiger partial charge in [0.15, 0.2) is 0 Å². The maximum atomic E-state index is 12.9. The fraction of sp³-hybridized carbons (Fsp3) is 0.261. The van der Waals surface area contributed by atoms with E-state index in [-0.39, 0.29) is 18.2 Å². The summed E-state index contributed by atoms with van der Waals surface area (Å²) in [5, 5.41) is 3.34. The highest BCUT2D eigenvalue weighted by molar-refractivity contribution is 9.10. The summed E-state index contributed by atoms with van der Waals surface area (Å²) in [5.74, 6) is -0.678. The number of halogens is 3. The number of barbiturate groups is 1. The Labute approximate surface area is 203 Å². The molecule has 0 unspecified atom stereocenters. The van der Waals surface area contributed by atoms with E-state index >= 15 is 0 Å². The van der Waals surface area contributed by atoms with Crippen molar-refractivity contribution in [2.45, 2.75) is 38.3 Å². The van der Waals surface area contributed by atoms with E-state index < -0.39 is 17.8 Å². The zero-order valence-corrected chi connectivity index (χ0v) is 20.0. The Balaban J connectivity index is 1.52. The first-order valence-electron chi connectivity index (χ1n) is 10.1. The normalized spacial score (nSPS) is 18.4. The molecule has 6 nitrogen and oxygen atoms in total. The molecule has 2 fully saturated rings. The molecular weight excluding hydrogens is 519 g/mol. The van der Waals surface area contributed by atoms with Gasteiger partial charge in [0.05, 0.1) is 4.47 Å². The van der Waals surface area contributed by atoms with E-state index in [1.807, 2.05) is 0 Å². The largest absolute Gasteiger partial charge is 0.488 e. The number of nitrogens with zero attached hydrogens (tertiary/aromatic N) is 1. The molecule has 1 aliphatic carbocycles. The number of urea groups is 1. The number of nitrogens with one attached hydrogen (secondary N) is 1. The molecule has 1 N–H and O–H groups in total. The highest BCUT2D eigenvalue weighted by Gasteiger charge is 2.40. The predicted molar refractivity (Wildman–Crippen MR) is 126 cm³/mol. The van der Waals surface area contributed by atoms with Crippen molar-refractivity contribution >= 4 is 63.1 Å². The third kappa shape index (κ3) is 4.85. The second-order valence-electron chi connectivity index (χ2n) is 7.64. The Morgan fingerprint density at radius 1 is 1.09 bits per heavy atom. The zero-order chi connectivity index (χ0) is 22.8. The molecule has 4 amide bonds. The van der Waals surface area contributed by atoms with Crippen molar-refractivity contribution in [1.29, 1.82) is 0 Å². The van der Waals surface area contributed by atoms with Crippen LogP contribution in [0.4, 0.5) is 4.79 Å². The molecule has 0 bridgehead atoms. The van der Waals surface area contributed by atoms with Gasteiger partial charge in [0.25, 0.3) is 11.8 Å². The molecule has 0 aromatic heterocycles. The van der Waals surface area contributed by atoms with Crippen molar-refractivity contribution < 1.29 is 19.1 Å². The van der Waals surface area contributed by atoms with Gasteiger partial charge in [0.1, 0.15) is 17.9 Å². The predicted octanol–water partition coefficient (Wildman–Crippen LogP) is 5.74. The molecule has 2 aromatic rings. The van der Waals surface area contributed by atoms with Crippen molar-refractivity contribution in [3.63, 3.8) is 0 Å². The van der Waals surface area contributed by atoms with E-state index in [0.29, 0.717) is 25.8 Å². The second-order valence-corrected chi connectivity index (χ2v) is 9.34. The Morgan fingerprint density at radius 2 is 1.84 bits per heavy atom. The molecule has 32 heavy (non-hydrogen) atoms. The standard InChI is InChI=1S/C23H19BrCl2N2O4/c24-18-10-13(5-8-20(18)32-12-14-6-7-15(25)11-19(14)26)9-17-21(29)27-23(31)28(22(17)30)16-3-1-2-4-16/h5-11,16H,1-4,12H2,(H,27,29,31)/b17-9+. The average molecular weight is 538 g/mol. The van der Waals surface area contributed by atoms with Crippen LogP contribution in [0.25, 0.3) is 6.08 Å². The van der Waals surface area contributed by atoms with Crippen LogP contribution < -0.4 is 10.1 Å². The zero-order valence-electron chi connectivity index (χ0n) is 16.9. The maximum Gasteiger partial charge on any atom is 0.331 e. The maximum absolute atomic E-state index is 12.9. The van der Waals surface area contributed by atoms with Crippen LogP contribution >= 0.6 is 39.1 Å². The van der Waals surface area contributed by atoms with Crippen LogP contribution in [0.1, 0.15) is 36.8 Å². The first-order chi connectivity index (χ1) is 15.3. The van der Waals surface area contributed by atoms with Crippen LogP contribution in [-0.4, -0.2) is 28.8 Å². The third-order valence-electron chi connectivity index (χ3n) is 5.49. The lowest BCUT2D eigenvalue weighted by molar-refractivity contribution is -0.131. The molecule has 2 aliphatic rings. The average Bonchev–Trinajstić information content (AvgIpc) is 3.26. The summed E-state index contributed by atoms with van der Waals surface area (Å²) in [6, 6.07) is 9.57. The molecule has 0 atom stereocenters. The summed E-state index contributed by atoms with van der Waals surface area (Å²) >= 11 is 15.6. The smallest absolute Gasteiger partial charge is 0.331 e. The summed E-state index contributed by atoms with van der Waals surface area (Å²) in [6.45, 7) is 0.244. The Kier molecular flexibility index (Phi) is 6.88. The number of amides is 4. The molecule has 1 saturated heterocycles. The fourth-order valence-electron chi connectivity index (χ4n) is 3.85. The van der Waals surface area contributed by atoms with Gasteiger partial charge in [-0.1, -0.05) is 48.2 Å². The lowest BCUT2D eigenvalue weighted by atomic mass is 10.1. The van der Waals surface area contributed by atoms with E-state index in [4.69, 9.17) is 27.9 Å². The van der Waals surface area contributed by atoms with Gasteiger partial charge in [-0.05, 0) is 64.7 Å². The van der Waals surface area contributed by atoms with Crippen LogP contribution in [0.5, 0.6) is 5.75 Å². The third-order valence-corrected chi connectivity index (χ3v) is 6.69. The number of carbonyl (C=O) groups excluding carboxylic acids is 3. The van der Waals surface area contributed by atoms with Gasteiger partial charge in [0, 0.05) is 21.7 Å². The summed E-state index contributed by atoms with van der Waals surface area (Å²) in [7, 11) is 0. The van der Waals surface area contributed by atoms with E-state index in [2.05, 4.69) is 21.2 Å². The Morgan fingerprint density at radius 3 is 2.53 bits per heavy atom. The number of hydrogen-bond donors (Lipinski definition) is 1. The van der Waals surface area contributed by atoms with Crippen LogP contribution in [-0.2, 0) is 16.2 Å². The molecule has 9 heteroatoms. The minimum absolute atomic E-state index is 0.0648. The molecule has 0 spiro atoms.